The van der Waals surface area contributed by atoms with E-state index in [1.165, 1.54) is 4.68 Å². The third-order valence-electron chi connectivity index (χ3n) is 1.48. The first-order valence-corrected chi connectivity index (χ1v) is 3.17. The molecule has 0 radical (unpaired) electrons. The zero-order valence-corrected chi connectivity index (χ0v) is 6.14. The third-order valence-corrected chi connectivity index (χ3v) is 1.48. The molecule has 2 N–H and O–H groups in total. The SMILES string of the molecule is O.O=Cn1nnc2ccccc21. The van der Waals surface area contributed by atoms with Gasteiger partial charge in [-0.1, -0.05) is 17.3 Å². The average molecular weight is 165 g/mol. The van der Waals surface area contributed by atoms with Gasteiger partial charge >= 0.3 is 0 Å². The van der Waals surface area contributed by atoms with Crippen molar-refractivity contribution in [2.45, 2.75) is 0 Å². The van der Waals surface area contributed by atoms with E-state index in [1.54, 1.807) is 6.07 Å². The fourth-order valence-corrected chi connectivity index (χ4v) is 0.965. The predicted molar refractivity (Wildman–Crippen MR) is 43.3 cm³/mol. The van der Waals surface area contributed by atoms with Crippen molar-refractivity contribution < 1.29 is 10.3 Å². The molecule has 0 amide bonds. The van der Waals surface area contributed by atoms with E-state index in [1.807, 2.05) is 18.2 Å². The number of nitrogens with zero attached hydrogens (tertiary/aromatic N) is 3. The van der Waals surface area contributed by atoms with Crippen molar-refractivity contribution >= 4 is 17.4 Å². The van der Waals surface area contributed by atoms with E-state index in [-0.39, 0.29) is 5.48 Å². The Morgan fingerprint density at radius 1 is 1.33 bits per heavy atom. The van der Waals surface area contributed by atoms with E-state index in [4.69, 9.17) is 0 Å². The van der Waals surface area contributed by atoms with Crippen LogP contribution in [0.5, 0.6) is 0 Å². The highest BCUT2D eigenvalue weighted by molar-refractivity contribution is 5.79. The predicted octanol–water partition coefficient (Wildman–Crippen LogP) is -0.355. The Morgan fingerprint density at radius 3 is 2.83 bits per heavy atom. The first-order valence-electron chi connectivity index (χ1n) is 3.17. The lowest BCUT2D eigenvalue weighted by molar-refractivity contribution is 0.540. The van der Waals surface area contributed by atoms with Crippen LogP contribution in [-0.4, -0.2) is 26.9 Å². The van der Waals surface area contributed by atoms with Crippen molar-refractivity contribution in [1.29, 1.82) is 0 Å². The van der Waals surface area contributed by atoms with Crippen LogP contribution in [0.4, 0.5) is 0 Å². The van der Waals surface area contributed by atoms with Crippen LogP contribution >= 0.6 is 0 Å². The number of hydrogen-bond donors (Lipinski definition) is 0. The summed E-state index contributed by atoms with van der Waals surface area (Å²) in [6.45, 7) is 0. The minimum atomic E-state index is 0. The number of fused-ring (bicyclic) bond motifs is 1. The van der Waals surface area contributed by atoms with Crippen molar-refractivity contribution in [1.82, 2.24) is 15.0 Å². The molecule has 2 aromatic rings. The van der Waals surface area contributed by atoms with Gasteiger partial charge in [0.05, 0.1) is 5.52 Å². The number of benzene rings is 1. The van der Waals surface area contributed by atoms with Gasteiger partial charge < -0.3 is 5.48 Å². The number of carbonyl (C=O) groups excluding carboxylic acids is 1. The third kappa shape index (κ3) is 1.06. The Balaban J connectivity index is 0.000000720. The minimum absolute atomic E-state index is 0. The quantitative estimate of drug-likeness (QED) is 0.541. The summed E-state index contributed by atoms with van der Waals surface area (Å²) in [5.74, 6) is 0. The molecule has 0 fully saturated rings. The molecule has 5 nitrogen and oxygen atoms in total. The van der Waals surface area contributed by atoms with E-state index in [9.17, 15) is 4.79 Å². The maximum atomic E-state index is 10.3. The van der Waals surface area contributed by atoms with Crippen LogP contribution in [0.15, 0.2) is 24.3 Å². The van der Waals surface area contributed by atoms with E-state index in [0.717, 1.165) is 11.0 Å². The molecule has 0 saturated carbocycles. The average Bonchev–Trinajstić information content (AvgIpc) is 2.47. The van der Waals surface area contributed by atoms with Gasteiger partial charge in [0.15, 0.2) is 0 Å². The maximum absolute atomic E-state index is 10.3. The molecule has 0 aliphatic carbocycles. The van der Waals surface area contributed by atoms with Crippen molar-refractivity contribution in [3.05, 3.63) is 24.3 Å². The zero-order chi connectivity index (χ0) is 7.68. The highest BCUT2D eigenvalue weighted by Gasteiger charge is 1.99. The molecule has 2 rings (SSSR count). The Hall–Kier alpha value is -1.75. The summed E-state index contributed by atoms with van der Waals surface area (Å²) in [6.07, 6.45) is 0.634. The molecule has 0 spiro atoms. The molecule has 0 aliphatic rings. The van der Waals surface area contributed by atoms with Crippen molar-refractivity contribution in [2.75, 3.05) is 0 Å². The molecule has 1 aromatic carbocycles. The zero-order valence-electron chi connectivity index (χ0n) is 6.14. The standard InChI is InChI=1S/C7H5N3O.H2O/c11-5-10-7-4-2-1-3-6(7)8-9-10;/h1-5H;1H2. The summed E-state index contributed by atoms with van der Waals surface area (Å²) in [5.41, 5.74) is 1.47. The summed E-state index contributed by atoms with van der Waals surface area (Å²) in [6, 6.07) is 7.30. The van der Waals surface area contributed by atoms with Gasteiger partial charge in [0.25, 0.3) is 0 Å². The molecule has 5 heteroatoms. The molecule has 0 atom stereocenters. The second-order valence-electron chi connectivity index (χ2n) is 2.13. The maximum Gasteiger partial charge on any atom is 0.236 e. The van der Waals surface area contributed by atoms with E-state index in [0.29, 0.717) is 6.41 Å². The van der Waals surface area contributed by atoms with Crippen LogP contribution in [-0.2, 0) is 4.79 Å². The summed E-state index contributed by atoms with van der Waals surface area (Å²) >= 11 is 0. The number of carbonyl (C=O) groups is 1. The molecule has 12 heavy (non-hydrogen) atoms. The largest absolute Gasteiger partial charge is 0.412 e. The lowest BCUT2D eigenvalue weighted by atomic mass is 10.3. The number of para-hydroxylation sites is 1. The fourth-order valence-electron chi connectivity index (χ4n) is 0.965. The van der Waals surface area contributed by atoms with Gasteiger partial charge in [-0.05, 0) is 12.1 Å². The van der Waals surface area contributed by atoms with Crippen molar-refractivity contribution in [3.63, 3.8) is 0 Å². The first kappa shape index (κ1) is 8.35. The van der Waals surface area contributed by atoms with Gasteiger partial charge in [0.2, 0.25) is 6.41 Å². The van der Waals surface area contributed by atoms with Crippen LogP contribution in [0.2, 0.25) is 0 Å². The lowest BCUT2D eigenvalue weighted by Gasteiger charge is -1.86. The van der Waals surface area contributed by atoms with Gasteiger partial charge in [0.1, 0.15) is 5.52 Å². The first-order chi connectivity index (χ1) is 5.42. The summed E-state index contributed by atoms with van der Waals surface area (Å²) in [7, 11) is 0. The van der Waals surface area contributed by atoms with Gasteiger partial charge in [-0.3, -0.25) is 4.79 Å². The molecule has 0 bridgehead atoms. The number of rotatable bonds is 1. The second kappa shape index (κ2) is 3.10. The summed E-state index contributed by atoms with van der Waals surface area (Å²) < 4.78 is 1.20. The Kier molecular flexibility index (Phi) is 2.16. The molecule has 62 valence electrons. The van der Waals surface area contributed by atoms with Crippen LogP contribution in [0.3, 0.4) is 0 Å². The lowest BCUT2D eigenvalue weighted by Crippen LogP contribution is -1.95. The molecule has 0 unspecified atom stereocenters. The van der Waals surface area contributed by atoms with E-state index < -0.39 is 0 Å². The molecular formula is C7H7N3O2. The summed E-state index contributed by atoms with van der Waals surface area (Å²) in [4.78, 5) is 10.3. The smallest absolute Gasteiger partial charge is 0.236 e. The van der Waals surface area contributed by atoms with Crippen LogP contribution in [0.25, 0.3) is 11.0 Å². The van der Waals surface area contributed by atoms with Gasteiger partial charge in [-0.25, -0.2) is 0 Å². The molecule has 0 saturated heterocycles. The van der Waals surface area contributed by atoms with Crippen LogP contribution in [0.1, 0.15) is 0 Å². The highest BCUT2D eigenvalue weighted by atomic mass is 16.1. The molecular weight excluding hydrogens is 158 g/mol. The summed E-state index contributed by atoms with van der Waals surface area (Å²) in [5, 5.41) is 7.38. The number of aromatic nitrogens is 3. The van der Waals surface area contributed by atoms with Gasteiger partial charge in [-0.15, -0.1) is 5.10 Å². The molecule has 1 heterocycles. The van der Waals surface area contributed by atoms with Crippen molar-refractivity contribution in [3.8, 4) is 0 Å². The monoisotopic (exact) mass is 165 g/mol. The topological polar surface area (TPSA) is 79.3 Å². The van der Waals surface area contributed by atoms with Crippen molar-refractivity contribution in [2.24, 2.45) is 0 Å². The normalized spacial score (nSPS) is 9.33. The van der Waals surface area contributed by atoms with Gasteiger partial charge in [-0.2, -0.15) is 4.68 Å². The van der Waals surface area contributed by atoms with E-state index >= 15 is 0 Å². The van der Waals surface area contributed by atoms with Gasteiger partial charge in [0, 0.05) is 0 Å². The molecule has 1 aromatic heterocycles. The second-order valence-corrected chi connectivity index (χ2v) is 2.13. The number of hydrogen-bond acceptors (Lipinski definition) is 3. The molecule has 0 aliphatic heterocycles. The Morgan fingerprint density at radius 2 is 2.08 bits per heavy atom. The minimum Gasteiger partial charge on any atom is -0.412 e. The van der Waals surface area contributed by atoms with Crippen LogP contribution in [0, 0.1) is 0 Å². The Bertz CT molecular complexity index is 396. The van der Waals surface area contributed by atoms with Crippen LogP contribution < -0.4 is 0 Å². The Labute approximate surface area is 67.9 Å². The van der Waals surface area contributed by atoms with E-state index in [2.05, 4.69) is 10.3 Å². The fraction of sp³-hybridized carbons (Fsp3) is 0. The highest BCUT2D eigenvalue weighted by Crippen LogP contribution is 2.06.